The van der Waals surface area contributed by atoms with E-state index in [9.17, 15) is 4.21 Å². The van der Waals surface area contributed by atoms with Crippen molar-refractivity contribution in [2.75, 3.05) is 32.5 Å². The molecule has 0 spiro atoms. The third-order valence-electron chi connectivity index (χ3n) is 0.744. The van der Waals surface area contributed by atoms with Crippen molar-refractivity contribution in [3.05, 3.63) is 0 Å². The van der Waals surface area contributed by atoms with Gasteiger partial charge in [0.2, 0.25) is 0 Å². The van der Waals surface area contributed by atoms with Crippen LogP contribution in [0.4, 0.5) is 0 Å². The van der Waals surface area contributed by atoms with Gasteiger partial charge in [-0.25, -0.2) is 0 Å². The minimum Gasteiger partial charge on any atom is -0.355 e. The molecule has 1 heterocycles. The molecule has 0 aliphatic carbocycles. The molecule has 0 atom stereocenters. The lowest BCUT2D eigenvalue weighted by Crippen LogP contribution is -2.11. The molecule has 0 radical (unpaired) electrons. The van der Waals surface area contributed by atoms with E-state index in [0.29, 0.717) is 6.79 Å². The van der Waals surface area contributed by atoms with Crippen LogP contribution in [0.5, 0.6) is 0 Å². The van der Waals surface area contributed by atoms with Crippen LogP contribution >= 0.6 is 0 Å². The summed E-state index contributed by atoms with van der Waals surface area (Å²) < 4.78 is 19.2. The smallest absolute Gasteiger partial charge is 0.146 e. The predicted molar refractivity (Wildman–Crippen MR) is 41.4 cm³/mol. The molecule has 0 bridgehead atoms. The Balaban J connectivity index is 0.000000180. The first-order valence-corrected chi connectivity index (χ1v) is 5.10. The van der Waals surface area contributed by atoms with E-state index in [1.54, 1.807) is 12.5 Å². The van der Waals surface area contributed by atoms with Crippen LogP contribution in [0.3, 0.4) is 0 Å². The molecular weight excluding hydrogens is 152 g/mol. The van der Waals surface area contributed by atoms with Gasteiger partial charge in [0.15, 0.2) is 0 Å². The van der Waals surface area contributed by atoms with Gasteiger partial charge in [-0.2, -0.15) is 0 Å². The molecule has 1 aliphatic heterocycles. The number of hydrogen-bond donors (Lipinski definition) is 0. The average molecular weight is 166 g/mol. The van der Waals surface area contributed by atoms with Crippen LogP contribution in [0.15, 0.2) is 0 Å². The molecule has 0 unspecified atom stereocenters. The first kappa shape index (κ1) is 10.1. The van der Waals surface area contributed by atoms with Crippen molar-refractivity contribution < 1.29 is 13.7 Å². The van der Waals surface area contributed by atoms with Crippen molar-refractivity contribution in [2.24, 2.45) is 0 Å². The maximum Gasteiger partial charge on any atom is 0.146 e. The lowest BCUT2D eigenvalue weighted by Gasteiger charge is -2.09. The Morgan fingerprint density at radius 1 is 1.20 bits per heavy atom. The fourth-order valence-electron chi connectivity index (χ4n) is 0.440. The van der Waals surface area contributed by atoms with E-state index in [1.165, 1.54) is 0 Å². The van der Waals surface area contributed by atoms with Gasteiger partial charge < -0.3 is 9.47 Å². The first-order valence-electron chi connectivity index (χ1n) is 3.14. The summed E-state index contributed by atoms with van der Waals surface area (Å²) in [6.07, 6.45) is 4.33. The zero-order chi connectivity index (χ0) is 7.82. The second-order valence-electron chi connectivity index (χ2n) is 2.03. The van der Waals surface area contributed by atoms with E-state index in [4.69, 9.17) is 9.47 Å². The lowest BCUT2D eigenvalue weighted by molar-refractivity contribution is -0.0963. The Labute approximate surface area is 64.2 Å². The summed E-state index contributed by atoms with van der Waals surface area (Å²) in [7, 11) is -0.611. The Morgan fingerprint density at radius 3 is 1.70 bits per heavy atom. The normalized spacial score (nSPS) is 17.9. The maximum absolute atomic E-state index is 9.56. The summed E-state index contributed by atoms with van der Waals surface area (Å²) in [6, 6.07) is 0. The minimum atomic E-state index is -0.611. The van der Waals surface area contributed by atoms with Gasteiger partial charge in [-0.05, 0) is 6.42 Å². The van der Waals surface area contributed by atoms with Crippen LogP contribution < -0.4 is 0 Å². The molecule has 0 aromatic carbocycles. The second-order valence-corrected chi connectivity index (χ2v) is 3.51. The van der Waals surface area contributed by atoms with Crippen molar-refractivity contribution in [2.45, 2.75) is 6.42 Å². The van der Waals surface area contributed by atoms with Crippen molar-refractivity contribution in [3.63, 3.8) is 0 Å². The van der Waals surface area contributed by atoms with E-state index in [2.05, 4.69) is 0 Å². The van der Waals surface area contributed by atoms with Crippen LogP contribution in [0.1, 0.15) is 6.42 Å². The topological polar surface area (TPSA) is 35.5 Å². The summed E-state index contributed by atoms with van der Waals surface area (Å²) in [6.45, 7) is 2.25. The van der Waals surface area contributed by atoms with E-state index >= 15 is 0 Å². The van der Waals surface area contributed by atoms with Crippen LogP contribution in [0.25, 0.3) is 0 Å². The SMILES string of the molecule is C1COCOC1.CS(C)=O. The number of rotatable bonds is 0. The van der Waals surface area contributed by atoms with E-state index in [-0.39, 0.29) is 0 Å². The van der Waals surface area contributed by atoms with Crippen LogP contribution in [-0.4, -0.2) is 36.7 Å². The van der Waals surface area contributed by atoms with Crippen LogP contribution in [-0.2, 0) is 20.3 Å². The molecule has 0 saturated carbocycles. The van der Waals surface area contributed by atoms with Gasteiger partial charge in [0.25, 0.3) is 0 Å². The van der Waals surface area contributed by atoms with Gasteiger partial charge in [0, 0.05) is 23.3 Å². The average Bonchev–Trinajstić information content (AvgIpc) is 1.90. The fraction of sp³-hybridized carbons (Fsp3) is 1.00. The molecular formula is C6H14O3S. The molecule has 3 nitrogen and oxygen atoms in total. The quantitative estimate of drug-likeness (QED) is 0.522. The third-order valence-corrected chi connectivity index (χ3v) is 0.744. The van der Waals surface area contributed by atoms with Crippen LogP contribution in [0, 0.1) is 0 Å². The highest BCUT2D eigenvalue weighted by Gasteiger charge is 1.94. The standard InChI is InChI=1S/C4H8O2.C2H6OS/c1-2-5-4-6-3-1;1-4(2)3/h1-4H2;1-2H3. The lowest BCUT2D eigenvalue weighted by atomic mass is 10.5. The Hall–Kier alpha value is 0.0700. The van der Waals surface area contributed by atoms with Gasteiger partial charge in [-0.3, -0.25) is 4.21 Å². The summed E-state index contributed by atoms with van der Waals surface area (Å²) in [5, 5.41) is 0. The van der Waals surface area contributed by atoms with E-state index < -0.39 is 10.8 Å². The summed E-state index contributed by atoms with van der Waals surface area (Å²) in [5.41, 5.74) is 0. The molecule has 1 fully saturated rings. The maximum atomic E-state index is 9.56. The summed E-state index contributed by atoms with van der Waals surface area (Å²) in [4.78, 5) is 0. The molecule has 4 heteroatoms. The van der Waals surface area contributed by atoms with Crippen molar-refractivity contribution >= 4 is 10.8 Å². The van der Waals surface area contributed by atoms with Gasteiger partial charge in [-0.15, -0.1) is 0 Å². The Morgan fingerprint density at radius 2 is 1.60 bits per heavy atom. The summed E-state index contributed by atoms with van der Waals surface area (Å²) in [5.74, 6) is 0. The van der Waals surface area contributed by atoms with E-state index in [1.807, 2.05) is 0 Å². The fourth-order valence-corrected chi connectivity index (χ4v) is 0.440. The molecule has 0 aromatic heterocycles. The minimum absolute atomic E-state index is 0.500. The monoisotopic (exact) mass is 166 g/mol. The molecule has 0 amide bonds. The number of hydrogen-bond acceptors (Lipinski definition) is 3. The highest BCUT2D eigenvalue weighted by Crippen LogP contribution is 1.91. The molecule has 62 valence electrons. The molecule has 1 rings (SSSR count). The Bertz CT molecular complexity index is 75.5. The largest absolute Gasteiger partial charge is 0.355 e. The van der Waals surface area contributed by atoms with Crippen molar-refractivity contribution in [1.29, 1.82) is 0 Å². The van der Waals surface area contributed by atoms with Gasteiger partial charge in [0.1, 0.15) is 6.79 Å². The second kappa shape index (κ2) is 7.18. The predicted octanol–water partition coefficient (Wildman–Crippen LogP) is 0.376. The third kappa shape index (κ3) is 10.9. The van der Waals surface area contributed by atoms with E-state index in [0.717, 1.165) is 19.6 Å². The van der Waals surface area contributed by atoms with Crippen LogP contribution in [0.2, 0.25) is 0 Å². The van der Waals surface area contributed by atoms with Gasteiger partial charge >= 0.3 is 0 Å². The molecule has 0 N–H and O–H groups in total. The zero-order valence-corrected chi connectivity index (χ0v) is 7.28. The van der Waals surface area contributed by atoms with Gasteiger partial charge in [0.05, 0.1) is 13.2 Å². The highest BCUT2D eigenvalue weighted by atomic mass is 32.2. The Kier molecular flexibility index (Phi) is 7.23. The van der Waals surface area contributed by atoms with Crippen molar-refractivity contribution in [1.82, 2.24) is 0 Å². The molecule has 1 saturated heterocycles. The molecule has 10 heavy (non-hydrogen) atoms. The summed E-state index contributed by atoms with van der Waals surface area (Å²) >= 11 is 0. The number of ether oxygens (including phenoxy) is 2. The van der Waals surface area contributed by atoms with Crippen molar-refractivity contribution in [3.8, 4) is 0 Å². The van der Waals surface area contributed by atoms with Gasteiger partial charge in [-0.1, -0.05) is 0 Å². The highest BCUT2D eigenvalue weighted by molar-refractivity contribution is 7.83. The zero-order valence-electron chi connectivity index (χ0n) is 6.46. The first-order chi connectivity index (χ1) is 4.73. The molecule has 0 aromatic rings. The molecule has 1 aliphatic rings.